The van der Waals surface area contributed by atoms with Crippen LogP contribution in [0.3, 0.4) is 0 Å². The van der Waals surface area contributed by atoms with Gasteiger partial charge in [-0.3, -0.25) is 4.79 Å². The van der Waals surface area contributed by atoms with Gasteiger partial charge in [0.05, 0.1) is 5.60 Å². The molecule has 2 N–H and O–H groups in total. The molecule has 0 saturated heterocycles. The quantitative estimate of drug-likeness (QED) is 0.858. The molecule has 0 radical (unpaired) electrons. The topological polar surface area (TPSA) is 58.6 Å². The van der Waals surface area contributed by atoms with Crippen molar-refractivity contribution in [2.45, 2.75) is 44.1 Å². The van der Waals surface area contributed by atoms with Crippen LogP contribution in [-0.2, 0) is 17.6 Å². The second kappa shape index (κ2) is 5.44. The molecule has 0 unspecified atom stereocenters. The molecule has 2 aliphatic carbocycles. The van der Waals surface area contributed by atoms with E-state index in [0.29, 0.717) is 6.54 Å². The predicted octanol–water partition coefficient (Wildman–Crippen LogP) is 1.59. The third-order valence-corrected chi connectivity index (χ3v) is 4.34. The summed E-state index contributed by atoms with van der Waals surface area (Å²) < 4.78 is 5.52. The summed E-state index contributed by atoms with van der Waals surface area (Å²) >= 11 is 0. The van der Waals surface area contributed by atoms with Crippen LogP contribution in [0.5, 0.6) is 5.75 Å². The number of amides is 1. The summed E-state index contributed by atoms with van der Waals surface area (Å²) in [6.07, 6.45) is 6.05. The SMILES string of the molecule is O=C(COc1ccc2c(c1)CCC2)NCC1(O)CCC1. The number of hydrogen-bond acceptors (Lipinski definition) is 3. The Morgan fingerprint density at radius 2 is 2.05 bits per heavy atom. The van der Waals surface area contributed by atoms with E-state index < -0.39 is 5.60 Å². The standard InChI is InChI=1S/C16H21NO3/c18-15(17-11-16(19)7-2-8-16)10-20-14-6-5-12-3-1-4-13(12)9-14/h5-6,9,19H,1-4,7-8,10-11H2,(H,17,18). The third-order valence-electron chi connectivity index (χ3n) is 4.34. The molecule has 2 aliphatic rings. The fourth-order valence-electron chi connectivity index (χ4n) is 2.86. The van der Waals surface area contributed by atoms with Gasteiger partial charge in [0.2, 0.25) is 0 Å². The number of aryl methyl sites for hydroxylation is 2. The third kappa shape index (κ3) is 2.96. The number of hydrogen-bond donors (Lipinski definition) is 2. The van der Waals surface area contributed by atoms with E-state index >= 15 is 0 Å². The number of nitrogens with one attached hydrogen (secondary N) is 1. The van der Waals surface area contributed by atoms with Crippen molar-refractivity contribution in [3.8, 4) is 5.75 Å². The first-order valence-corrected chi connectivity index (χ1v) is 7.38. The second-order valence-corrected chi connectivity index (χ2v) is 5.93. The zero-order valence-electron chi connectivity index (χ0n) is 11.7. The summed E-state index contributed by atoms with van der Waals surface area (Å²) in [6.45, 7) is 0.342. The minimum atomic E-state index is -0.677. The van der Waals surface area contributed by atoms with Crippen molar-refractivity contribution in [1.29, 1.82) is 0 Å². The molecule has 1 saturated carbocycles. The van der Waals surface area contributed by atoms with Crippen LogP contribution < -0.4 is 10.1 Å². The first-order chi connectivity index (χ1) is 9.65. The van der Waals surface area contributed by atoms with Crippen LogP contribution >= 0.6 is 0 Å². The molecule has 1 aromatic rings. The molecule has 0 spiro atoms. The zero-order chi connectivity index (χ0) is 14.0. The van der Waals surface area contributed by atoms with E-state index in [9.17, 15) is 9.90 Å². The Morgan fingerprint density at radius 3 is 2.80 bits per heavy atom. The predicted molar refractivity (Wildman–Crippen MR) is 75.8 cm³/mol. The van der Waals surface area contributed by atoms with Gasteiger partial charge in [-0.15, -0.1) is 0 Å². The first kappa shape index (κ1) is 13.4. The Kier molecular flexibility index (Phi) is 3.66. The number of aliphatic hydroxyl groups is 1. The minimum absolute atomic E-state index is 0.00880. The van der Waals surface area contributed by atoms with E-state index in [1.807, 2.05) is 12.1 Å². The van der Waals surface area contributed by atoms with Gasteiger partial charge >= 0.3 is 0 Å². The van der Waals surface area contributed by atoms with Crippen LogP contribution in [0.4, 0.5) is 0 Å². The van der Waals surface area contributed by atoms with Crippen LogP contribution in [0.15, 0.2) is 18.2 Å². The highest BCUT2D eigenvalue weighted by atomic mass is 16.5. The normalized spacial score (nSPS) is 19.1. The Morgan fingerprint density at radius 1 is 1.25 bits per heavy atom. The number of carbonyl (C=O) groups is 1. The Bertz CT molecular complexity index is 508. The molecule has 0 aliphatic heterocycles. The highest BCUT2D eigenvalue weighted by molar-refractivity contribution is 5.77. The molecular formula is C16H21NO3. The molecule has 20 heavy (non-hydrogen) atoms. The van der Waals surface area contributed by atoms with Gasteiger partial charge in [0.25, 0.3) is 5.91 Å². The molecule has 1 fully saturated rings. The molecule has 0 bridgehead atoms. The number of rotatable bonds is 5. The lowest BCUT2D eigenvalue weighted by Gasteiger charge is -2.36. The fraction of sp³-hybridized carbons (Fsp3) is 0.562. The summed E-state index contributed by atoms with van der Waals surface area (Å²) in [5.41, 5.74) is 2.06. The van der Waals surface area contributed by atoms with Crippen molar-refractivity contribution in [1.82, 2.24) is 5.32 Å². The molecule has 4 heteroatoms. The molecule has 1 amide bonds. The number of ether oxygens (including phenoxy) is 1. The molecule has 0 heterocycles. The average Bonchev–Trinajstić information content (AvgIpc) is 2.88. The number of benzene rings is 1. The van der Waals surface area contributed by atoms with Crippen molar-refractivity contribution in [3.63, 3.8) is 0 Å². The molecule has 108 valence electrons. The largest absolute Gasteiger partial charge is 0.484 e. The second-order valence-electron chi connectivity index (χ2n) is 5.93. The summed E-state index contributed by atoms with van der Waals surface area (Å²) in [5, 5.41) is 12.6. The summed E-state index contributed by atoms with van der Waals surface area (Å²) in [7, 11) is 0. The van der Waals surface area contributed by atoms with Gasteiger partial charge in [-0.1, -0.05) is 6.07 Å². The van der Waals surface area contributed by atoms with Crippen molar-refractivity contribution >= 4 is 5.91 Å². The van der Waals surface area contributed by atoms with E-state index in [0.717, 1.165) is 37.9 Å². The van der Waals surface area contributed by atoms with E-state index in [4.69, 9.17) is 4.74 Å². The average molecular weight is 275 g/mol. The zero-order valence-corrected chi connectivity index (χ0v) is 11.7. The number of carbonyl (C=O) groups excluding carboxylic acids is 1. The van der Waals surface area contributed by atoms with E-state index in [1.54, 1.807) is 0 Å². The van der Waals surface area contributed by atoms with Crippen molar-refractivity contribution in [2.75, 3.05) is 13.2 Å². The smallest absolute Gasteiger partial charge is 0.258 e. The summed E-state index contributed by atoms with van der Waals surface area (Å²) in [6, 6.07) is 6.05. The van der Waals surface area contributed by atoms with E-state index in [1.165, 1.54) is 17.5 Å². The molecular weight excluding hydrogens is 254 g/mol. The Balaban J connectivity index is 1.45. The summed E-state index contributed by atoms with van der Waals surface area (Å²) in [5.74, 6) is 0.578. The van der Waals surface area contributed by atoms with Gasteiger partial charge in [-0.25, -0.2) is 0 Å². The Labute approximate surface area is 119 Å². The first-order valence-electron chi connectivity index (χ1n) is 7.38. The number of fused-ring (bicyclic) bond motifs is 1. The van der Waals surface area contributed by atoms with Gasteiger partial charge in [0.1, 0.15) is 5.75 Å². The van der Waals surface area contributed by atoms with Crippen LogP contribution in [0.2, 0.25) is 0 Å². The minimum Gasteiger partial charge on any atom is -0.484 e. The van der Waals surface area contributed by atoms with E-state index in [-0.39, 0.29) is 12.5 Å². The maximum absolute atomic E-state index is 11.7. The highest BCUT2D eigenvalue weighted by Crippen LogP contribution is 2.30. The van der Waals surface area contributed by atoms with Crippen molar-refractivity contribution in [2.24, 2.45) is 0 Å². The van der Waals surface area contributed by atoms with Gasteiger partial charge in [0.15, 0.2) is 6.61 Å². The monoisotopic (exact) mass is 275 g/mol. The van der Waals surface area contributed by atoms with Crippen molar-refractivity contribution in [3.05, 3.63) is 29.3 Å². The van der Waals surface area contributed by atoms with Gasteiger partial charge in [-0.05, 0) is 61.8 Å². The van der Waals surface area contributed by atoms with Gasteiger partial charge in [-0.2, -0.15) is 0 Å². The molecule has 0 atom stereocenters. The van der Waals surface area contributed by atoms with Gasteiger partial charge < -0.3 is 15.2 Å². The summed E-state index contributed by atoms with van der Waals surface area (Å²) in [4.78, 5) is 11.7. The Hall–Kier alpha value is -1.55. The van der Waals surface area contributed by atoms with E-state index in [2.05, 4.69) is 11.4 Å². The highest BCUT2D eigenvalue weighted by Gasteiger charge is 2.34. The fourth-order valence-corrected chi connectivity index (χ4v) is 2.86. The van der Waals surface area contributed by atoms with Crippen LogP contribution in [0.1, 0.15) is 36.8 Å². The molecule has 0 aromatic heterocycles. The molecule has 3 rings (SSSR count). The van der Waals surface area contributed by atoms with Crippen LogP contribution in [0.25, 0.3) is 0 Å². The molecule has 4 nitrogen and oxygen atoms in total. The van der Waals surface area contributed by atoms with Gasteiger partial charge in [0, 0.05) is 6.54 Å². The van der Waals surface area contributed by atoms with Crippen LogP contribution in [0, 0.1) is 0 Å². The lowest BCUT2D eigenvalue weighted by atomic mass is 9.80. The lowest BCUT2D eigenvalue weighted by Crippen LogP contribution is -2.48. The van der Waals surface area contributed by atoms with Crippen LogP contribution in [-0.4, -0.2) is 29.8 Å². The lowest BCUT2D eigenvalue weighted by molar-refractivity contribution is -0.125. The maximum atomic E-state index is 11.7. The molecule has 1 aromatic carbocycles. The maximum Gasteiger partial charge on any atom is 0.258 e. The van der Waals surface area contributed by atoms with Crippen molar-refractivity contribution < 1.29 is 14.6 Å².